The summed E-state index contributed by atoms with van der Waals surface area (Å²) in [5.41, 5.74) is 11.3. The minimum Gasteiger partial charge on any atom is -0.481 e. The predicted octanol–water partition coefficient (Wildman–Crippen LogP) is 0.513. The molecule has 8 N–H and O–H groups in total. The Morgan fingerprint density at radius 1 is 0.750 bits per heavy atom. The smallest absolute Gasteiger partial charge is 0.300 e. The lowest BCUT2D eigenvalue weighted by molar-refractivity contribution is -0.135. The fourth-order valence-electron chi connectivity index (χ4n) is 0.354. The largest absolute Gasteiger partial charge is 0.481 e. The summed E-state index contributed by atoms with van der Waals surface area (Å²) in [6.07, 6.45) is 0. The first kappa shape index (κ1) is 33.6. The topological polar surface area (TPSA) is 201 Å². The monoisotopic (exact) mass is 372 g/mol. The van der Waals surface area contributed by atoms with Gasteiger partial charge in [0, 0.05) is 39.9 Å². The van der Waals surface area contributed by atoms with Crippen LogP contribution in [0.3, 0.4) is 0 Å². The van der Waals surface area contributed by atoms with Gasteiger partial charge in [0.25, 0.3) is 23.9 Å². The van der Waals surface area contributed by atoms with Gasteiger partial charge in [0.2, 0.25) is 0 Å². The number of carboxylic acid groups (broad SMARTS) is 4. The molecular weight excluding hydrogens is 340 g/mol. The molecule has 0 amide bonds. The van der Waals surface area contributed by atoms with Gasteiger partial charge in [-0.1, -0.05) is 19.6 Å². The van der Waals surface area contributed by atoms with Gasteiger partial charge in [0.15, 0.2) is 0 Å². The lowest BCUT2D eigenvalue weighted by Crippen LogP contribution is -2.49. The van der Waals surface area contributed by atoms with Crippen LogP contribution in [0.1, 0.15) is 27.7 Å². The molecule has 24 heavy (non-hydrogen) atoms. The van der Waals surface area contributed by atoms with E-state index in [4.69, 9.17) is 51.1 Å². The van der Waals surface area contributed by atoms with Crippen molar-refractivity contribution in [2.24, 2.45) is 11.5 Å². The van der Waals surface area contributed by atoms with E-state index in [1.54, 1.807) is 0 Å². The maximum absolute atomic E-state index is 9.00. The molecule has 0 radical (unpaired) electrons. The van der Waals surface area contributed by atoms with Crippen LogP contribution in [0.4, 0.5) is 0 Å². The number of carbonyl (C=O) groups is 4. The molecule has 0 aromatic heterocycles. The highest BCUT2D eigenvalue weighted by atomic mass is 28.3. The Bertz CT molecular complexity index is 292. The summed E-state index contributed by atoms with van der Waals surface area (Å²) in [7, 11) is -1.11. The molecule has 11 heteroatoms. The fourth-order valence-corrected chi connectivity index (χ4v) is 1.06. The number of nitrogens with two attached hydrogens (primary N) is 2. The molecule has 0 saturated carbocycles. The summed E-state index contributed by atoms with van der Waals surface area (Å²) in [5.74, 6) is -3.33. The minimum absolute atomic E-state index is 0.266. The summed E-state index contributed by atoms with van der Waals surface area (Å²) in [6.45, 7) is 11.6. The Hall–Kier alpha value is -1.98. The number of hydrogen-bond acceptors (Lipinski definition) is 6. The number of carboxylic acids is 4. The van der Waals surface area contributed by atoms with E-state index in [2.05, 4.69) is 19.6 Å². The van der Waals surface area contributed by atoms with E-state index >= 15 is 0 Å². The van der Waals surface area contributed by atoms with Crippen LogP contribution in [-0.2, 0) is 19.2 Å². The Kier molecular flexibility index (Phi) is 29.4. The second kappa shape index (κ2) is 21.0. The molecule has 0 aliphatic heterocycles. The third-order valence-corrected chi connectivity index (χ3v) is 3.83. The molecule has 0 spiro atoms. The summed E-state index contributed by atoms with van der Waals surface area (Å²) < 4.78 is 0. The molecule has 0 aliphatic rings. The number of hydrogen-bond donors (Lipinski definition) is 6. The van der Waals surface area contributed by atoms with Crippen LogP contribution in [0.5, 0.6) is 0 Å². The van der Waals surface area contributed by atoms with E-state index in [0.29, 0.717) is 6.54 Å². The summed E-state index contributed by atoms with van der Waals surface area (Å²) >= 11 is 0. The van der Waals surface area contributed by atoms with Crippen molar-refractivity contribution in [2.75, 3.05) is 6.54 Å². The summed E-state index contributed by atoms with van der Waals surface area (Å²) in [4.78, 5) is 36.0. The van der Waals surface area contributed by atoms with Gasteiger partial charge in [0.05, 0.1) is 8.07 Å². The molecule has 0 heterocycles. The first-order valence-electron chi connectivity index (χ1n) is 6.65. The Morgan fingerprint density at radius 2 is 0.875 bits per heavy atom. The second-order valence-corrected chi connectivity index (χ2v) is 10.8. The molecule has 0 aromatic carbocycles. The molecule has 0 rings (SSSR count). The molecule has 0 aromatic rings. The molecule has 146 valence electrons. The zero-order valence-electron chi connectivity index (χ0n) is 15.4. The maximum atomic E-state index is 9.00. The lowest BCUT2D eigenvalue weighted by atomic mass is 10.7. The van der Waals surface area contributed by atoms with Gasteiger partial charge in [-0.3, -0.25) is 19.2 Å². The van der Waals surface area contributed by atoms with Crippen molar-refractivity contribution in [3.63, 3.8) is 0 Å². The van der Waals surface area contributed by atoms with Crippen molar-refractivity contribution in [1.29, 1.82) is 0 Å². The molecule has 0 fully saturated rings. The van der Waals surface area contributed by atoms with Crippen LogP contribution in [0.2, 0.25) is 19.6 Å². The van der Waals surface area contributed by atoms with E-state index in [1.165, 1.54) is 0 Å². The summed E-state index contributed by atoms with van der Waals surface area (Å²) in [5, 5.41) is 29.7. The van der Waals surface area contributed by atoms with Crippen LogP contribution in [0, 0.1) is 0 Å². The Labute approximate surface area is 143 Å². The highest BCUT2D eigenvalue weighted by Crippen LogP contribution is 2.02. The standard InChI is InChI=1S/C5H16N2Si.4C2H4O2/c1-8(2,3)5(7)4-6;4*1-2(3)4/h5H,4,6-7H2,1-3H3;4*1H3,(H,3,4). The molecule has 1 unspecified atom stereocenters. The van der Waals surface area contributed by atoms with Crippen LogP contribution < -0.4 is 11.5 Å². The molecule has 0 aliphatic carbocycles. The van der Waals surface area contributed by atoms with Gasteiger partial charge in [-0.15, -0.1) is 0 Å². The van der Waals surface area contributed by atoms with Crippen molar-refractivity contribution in [1.82, 2.24) is 0 Å². The maximum Gasteiger partial charge on any atom is 0.300 e. The highest BCUT2D eigenvalue weighted by Gasteiger charge is 2.20. The van der Waals surface area contributed by atoms with Gasteiger partial charge in [-0.05, 0) is 0 Å². The fraction of sp³-hybridized carbons (Fsp3) is 0.692. The van der Waals surface area contributed by atoms with Crippen molar-refractivity contribution < 1.29 is 39.6 Å². The van der Waals surface area contributed by atoms with E-state index in [-0.39, 0.29) is 5.67 Å². The van der Waals surface area contributed by atoms with Gasteiger partial charge in [-0.25, -0.2) is 0 Å². The molecule has 1 atom stereocenters. The number of aliphatic carboxylic acids is 4. The molecule has 0 bridgehead atoms. The quantitative estimate of drug-likeness (QED) is 0.371. The highest BCUT2D eigenvalue weighted by molar-refractivity contribution is 6.77. The molecule has 10 nitrogen and oxygen atoms in total. The van der Waals surface area contributed by atoms with E-state index in [9.17, 15) is 0 Å². The van der Waals surface area contributed by atoms with Gasteiger partial charge in [-0.2, -0.15) is 0 Å². The van der Waals surface area contributed by atoms with Gasteiger partial charge in [0.1, 0.15) is 0 Å². The first-order valence-corrected chi connectivity index (χ1v) is 10.2. The zero-order valence-corrected chi connectivity index (χ0v) is 16.4. The van der Waals surface area contributed by atoms with Crippen LogP contribution >= 0.6 is 0 Å². The van der Waals surface area contributed by atoms with E-state index < -0.39 is 32.0 Å². The summed E-state index contributed by atoms with van der Waals surface area (Å²) in [6, 6.07) is 0. The third kappa shape index (κ3) is 200. The Balaban J connectivity index is -0.0000000657. The van der Waals surface area contributed by atoms with E-state index in [1.807, 2.05) is 0 Å². The average Bonchev–Trinajstić information content (AvgIpc) is 2.23. The van der Waals surface area contributed by atoms with Crippen LogP contribution in [-0.4, -0.2) is 64.6 Å². The Morgan fingerprint density at radius 3 is 0.875 bits per heavy atom. The predicted molar refractivity (Wildman–Crippen MR) is 93.6 cm³/mol. The van der Waals surface area contributed by atoms with Crippen LogP contribution in [0.15, 0.2) is 0 Å². The SMILES string of the molecule is CC(=O)O.CC(=O)O.CC(=O)O.CC(=O)O.C[Si](C)(C)C(N)CN. The third-order valence-electron chi connectivity index (χ3n) is 1.37. The van der Waals surface area contributed by atoms with Crippen molar-refractivity contribution in [2.45, 2.75) is 53.0 Å². The van der Waals surface area contributed by atoms with Gasteiger partial charge < -0.3 is 31.9 Å². The van der Waals surface area contributed by atoms with Crippen LogP contribution in [0.25, 0.3) is 0 Å². The first-order chi connectivity index (χ1) is 10.4. The number of rotatable bonds is 2. The normalized spacial score (nSPS) is 9.54. The zero-order chi connectivity index (χ0) is 21.1. The molecule has 0 saturated heterocycles. The molecular formula is C13H32N2O8Si. The van der Waals surface area contributed by atoms with Gasteiger partial charge >= 0.3 is 0 Å². The van der Waals surface area contributed by atoms with Crippen molar-refractivity contribution >= 4 is 32.0 Å². The average molecular weight is 372 g/mol. The van der Waals surface area contributed by atoms with E-state index in [0.717, 1.165) is 27.7 Å². The lowest BCUT2D eigenvalue weighted by Gasteiger charge is -2.22. The van der Waals surface area contributed by atoms with Crippen molar-refractivity contribution in [3.05, 3.63) is 0 Å². The van der Waals surface area contributed by atoms with Crippen molar-refractivity contribution in [3.8, 4) is 0 Å². The minimum atomic E-state index is -1.11. The second-order valence-electron chi connectivity index (χ2n) is 5.28.